The summed E-state index contributed by atoms with van der Waals surface area (Å²) in [6, 6.07) is 16.4. The first-order chi connectivity index (χ1) is 10.3. The highest BCUT2D eigenvalue weighted by Gasteiger charge is 2.14. The van der Waals surface area contributed by atoms with Crippen LogP contribution in [0, 0.1) is 5.82 Å². The average Bonchev–Trinajstić information content (AvgIpc) is 2.99. The summed E-state index contributed by atoms with van der Waals surface area (Å²) in [5.74, 6) is -0.233. The number of benzene rings is 2. The molecule has 1 unspecified atom stereocenters. The van der Waals surface area contributed by atoms with Crippen LogP contribution in [0.3, 0.4) is 0 Å². The molecule has 3 nitrogen and oxygen atoms in total. The number of para-hydroxylation sites is 1. The second-order valence-corrected chi connectivity index (χ2v) is 4.83. The molecule has 3 aromatic rings. The van der Waals surface area contributed by atoms with Crippen LogP contribution in [0.4, 0.5) is 4.39 Å². The minimum atomic E-state index is -0.233. The van der Waals surface area contributed by atoms with E-state index in [0.717, 1.165) is 16.8 Å². The lowest BCUT2D eigenvalue weighted by Crippen LogP contribution is -2.17. The summed E-state index contributed by atoms with van der Waals surface area (Å²) in [5.41, 5.74) is 2.87. The van der Waals surface area contributed by atoms with E-state index in [1.807, 2.05) is 54.3 Å². The fourth-order valence-corrected chi connectivity index (χ4v) is 2.42. The molecule has 0 saturated carbocycles. The van der Waals surface area contributed by atoms with E-state index in [4.69, 9.17) is 0 Å². The van der Waals surface area contributed by atoms with Gasteiger partial charge in [0, 0.05) is 11.8 Å². The Morgan fingerprint density at radius 2 is 1.86 bits per heavy atom. The highest BCUT2D eigenvalue weighted by Crippen LogP contribution is 2.22. The molecule has 1 N–H and O–H groups in total. The number of nitrogens with zero attached hydrogens (tertiary/aromatic N) is 2. The molecule has 1 heterocycles. The zero-order valence-electron chi connectivity index (χ0n) is 11.7. The van der Waals surface area contributed by atoms with Crippen LogP contribution >= 0.6 is 0 Å². The first kappa shape index (κ1) is 13.5. The third-order valence-corrected chi connectivity index (χ3v) is 3.43. The summed E-state index contributed by atoms with van der Waals surface area (Å²) < 4.78 is 15.2. The van der Waals surface area contributed by atoms with E-state index in [1.54, 1.807) is 18.3 Å². The molecule has 106 valence electrons. The number of aromatic nitrogens is 2. The molecule has 2 aromatic carbocycles. The molecule has 1 aromatic heterocycles. The van der Waals surface area contributed by atoms with Crippen molar-refractivity contribution >= 4 is 0 Å². The van der Waals surface area contributed by atoms with Crippen LogP contribution < -0.4 is 5.32 Å². The quantitative estimate of drug-likeness (QED) is 0.795. The van der Waals surface area contributed by atoms with E-state index in [0.29, 0.717) is 0 Å². The van der Waals surface area contributed by atoms with Gasteiger partial charge in [0.1, 0.15) is 5.82 Å². The van der Waals surface area contributed by atoms with Crippen molar-refractivity contribution in [1.82, 2.24) is 15.1 Å². The Kier molecular flexibility index (Phi) is 3.79. The van der Waals surface area contributed by atoms with Gasteiger partial charge in [-0.25, -0.2) is 9.07 Å². The number of nitrogens with one attached hydrogen (secondary N) is 1. The molecule has 0 aliphatic carbocycles. The van der Waals surface area contributed by atoms with E-state index >= 15 is 0 Å². The Morgan fingerprint density at radius 1 is 1.05 bits per heavy atom. The molecule has 0 amide bonds. The summed E-state index contributed by atoms with van der Waals surface area (Å²) in [6.45, 7) is 0. The minimum Gasteiger partial charge on any atom is -0.309 e. The number of hydrogen-bond acceptors (Lipinski definition) is 2. The standard InChI is InChI=1S/C17H16FN3/c1-19-17(13-6-5-7-15(18)10-13)14-11-20-21(12-14)16-8-3-2-4-9-16/h2-12,17,19H,1H3. The fourth-order valence-electron chi connectivity index (χ4n) is 2.42. The highest BCUT2D eigenvalue weighted by atomic mass is 19.1. The molecule has 0 saturated heterocycles. The van der Waals surface area contributed by atoms with Gasteiger partial charge in [0.05, 0.1) is 17.9 Å². The predicted molar refractivity (Wildman–Crippen MR) is 80.9 cm³/mol. The predicted octanol–water partition coefficient (Wildman–Crippen LogP) is 3.32. The first-order valence-electron chi connectivity index (χ1n) is 6.80. The fraction of sp³-hybridized carbons (Fsp3) is 0.118. The lowest BCUT2D eigenvalue weighted by atomic mass is 10.0. The van der Waals surface area contributed by atoms with E-state index in [1.165, 1.54) is 6.07 Å². The van der Waals surface area contributed by atoms with Crippen molar-refractivity contribution in [1.29, 1.82) is 0 Å². The van der Waals surface area contributed by atoms with Crippen LogP contribution in [0.2, 0.25) is 0 Å². The zero-order chi connectivity index (χ0) is 14.7. The summed E-state index contributed by atoms with van der Waals surface area (Å²) >= 11 is 0. The summed E-state index contributed by atoms with van der Waals surface area (Å²) in [6.07, 6.45) is 3.76. The Hall–Kier alpha value is -2.46. The molecular weight excluding hydrogens is 265 g/mol. The monoisotopic (exact) mass is 281 g/mol. The molecule has 21 heavy (non-hydrogen) atoms. The molecular formula is C17H16FN3. The van der Waals surface area contributed by atoms with Crippen LogP contribution in [0.25, 0.3) is 5.69 Å². The van der Waals surface area contributed by atoms with Crippen molar-refractivity contribution in [3.63, 3.8) is 0 Å². The first-order valence-corrected chi connectivity index (χ1v) is 6.80. The average molecular weight is 281 g/mol. The molecule has 3 rings (SSSR count). The zero-order valence-corrected chi connectivity index (χ0v) is 11.7. The van der Waals surface area contributed by atoms with E-state index < -0.39 is 0 Å². The van der Waals surface area contributed by atoms with Crippen molar-refractivity contribution in [3.05, 3.63) is 83.9 Å². The van der Waals surface area contributed by atoms with E-state index in [9.17, 15) is 4.39 Å². The van der Waals surface area contributed by atoms with Crippen LogP contribution in [0.1, 0.15) is 17.2 Å². The Balaban J connectivity index is 1.94. The molecule has 0 aliphatic heterocycles. The third-order valence-electron chi connectivity index (χ3n) is 3.43. The van der Waals surface area contributed by atoms with Gasteiger partial charge in [0.2, 0.25) is 0 Å². The second-order valence-electron chi connectivity index (χ2n) is 4.83. The molecule has 0 fully saturated rings. The van der Waals surface area contributed by atoms with Crippen molar-refractivity contribution in [2.24, 2.45) is 0 Å². The maximum absolute atomic E-state index is 13.4. The maximum Gasteiger partial charge on any atom is 0.123 e. The van der Waals surface area contributed by atoms with Crippen LogP contribution in [0.5, 0.6) is 0 Å². The molecule has 0 spiro atoms. The Bertz CT molecular complexity index is 722. The van der Waals surface area contributed by atoms with Crippen LogP contribution in [0.15, 0.2) is 67.0 Å². The van der Waals surface area contributed by atoms with Gasteiger partial charge in [-0.2, -0.15) is 5.10 Å². The SMILES string of the molecule is CNC(c1cccc(F)c1)c1cnn(-c2ccccc2)c1. The number of hydrogen-bond donors (Lipinski definition) is 1. The molecule has 0 bridgehead atoms. The molecule has 1 atom stereocenters. The van der Waals surface area contributed by atoms with Gasteiger partial charge in [0.25, 0.3) is 0 Å². The lowest BCUT2D eigenvalue weighted by molar-refractivity contribution is 0.616. The number of halogens is 1. The van der Waals surface area contributed by atoms with Crippen LogP contribution in [-0.2, 0) is 0 Å². The topological polar surface area (TPSA) is 29.9 Å². The van der Waals surface area contributed by atoms with E-state index in [-0.39, 0.29) is 11.9 Å². The third kappa shape index (κ3) is 2.85. The van der Waals surface area contributed by atoms with Crippen molar-refractivity contribution in [3.8, 4) is 5.69 Å². The van der Waals surface area contributed by atoms with Crippen molar-refractivity contribution in [2.75, 3.05) is 7.05 Å². The summed E-state index contributed by atoms with van der Waals surface area (Å²) in [7, 11) is 1.86. The van der Waals surface area contributed by atoms with Crippen molar-refractivity contribution in [2.45, 2.75) is 6.04 Å². The maximum atomic E-state index is 13.4. The smallest absolute Gasteiger partial charge is 0.123 e. The van der Waals surface area contributed by atoms with Gasteiger partial charge < -0.3 is 5.32 Å². The van der Waals surface area contributed by atoms with Crippen LogP contribution in [-0.4, -0.2) is 16.8 Å². The largest absolute Gasteiger partial charge is 0.309 e. The van der Waals surface area contributed by atoms with Gasteiger partial charge in [-0.05, 0) is 36.9 Å². The summed E-state index contributed by atoms with van der Waals surface area (Å²) in [4.78, 5) is 0. The van der Waals surface area contributed by atoms with Gasteiger partial charge in [-0.1, -0.05) is 30.3 Å². The Morgan fingerprint density at radius 3 is 2.57 bits per heavy atom. The normalized spacial score (nSPS) is 12.3. The second kappa shape index (κ2) is 5.89. The molecule has 0 aliphatic rings. The van der Waals surface area contributed by atoms with Crippen molar-refractivity contribution < 1.29 is 4.39 Å². The Labute approximate surface area is 123 Å². The summed E-state index contributed by atoms with van der Waals surface area (Å²) in [5, 5.41) is 7.59. The molecule has 0 radical (unpaired) electrons. The highest BCUT2D eigenvalue weighted by molar-refractivity contribution is 5.34. The van der Waals surface area contributed by atoms with Gasteiger partial charge >= 0.3 is 0 Å². The van der Waals surface area contributed by atoms with Gasteiger partial charge in [-0.15, -0.1) is 0 Å². The van der Waals surface area contributed by atoms with Gasteiger partial charge in [0.15, 0.2) is 0 Å². The number of rotatable bonds is 4. The molecule has 4 heteroatoms. The van der Waals surface area contributed by atoms with E-state index in [2.05, 4.69) is 10.4 Å². The minimum absolute atomic E-state index is 0.0850. The van der Waals surface area contributed by atoms with Gasteiger partial charge in [-0.3, -0.25) is 0 Å². The lowest BCUT2D eigenvalue weighted by Gasteiger charge is -2.14.